The van der Waals surface area contributed by atoms with Crippen LogP contribution in [0.15, 0.2) is 0 Å². The quantitative estimate of drug-likeness (QED) is 0.804. The first-order valence-corrected chi connectivity index (χ1v) is 6.86. The van der Waals surface area contributed by atoms with Crippen LogP contribution in [-0.2, 0) is 0 Å². The van der Waals surface area contributed by atoms with Crippen LogP contribution in [0, 0.1) is 11.8 Å². The largest absolute Gasteiger partial charge is 0.441 e. The Labute approximate surface area is 99.6 Å². The molecule has 1 N–H and O–H groups in total. The zero-order valence-electron chi connectivity index (χ0n) is 9.81. The van der Waals surface area contributed by atoms with Crippen LogP contribution in [0.1, 0.15) is 33.1 Å². The van der Waals surface area contributed by atoms with Crippen molar-refractivity contribution in [3.63, 3.8) is 0 Å². The number of halogens is 3. The van der Waals surface area contributed by atoms with Gasteiger partial charge in [0.15, 0.2) is 0 Å². The van der Waals surface area contributed by atoms with Crippen molar-refractivity contribution < 1.29 is 13.2 Å². The molecule has 0 spiro atoms. The Kier molecular flexibility index (Phi) is 5.44. The molecule has 1 saturated carbocycles. The van der Waals surface area contributed by atoms with E-state index in [-0.39, 0.29) is 17.5 Å². The molecular formula is C11H20F3NS. The molecule has 3 unspecified atom stereocenters. The van der Waals surface area contributed by atoms with Crippen molar-refractivity contribution in [2.24, 2.45) is 11.8 Å². The summed E-state index contributed by atoms with van der Waals surface area (Å²) in [4.78, 5) is 0. The third-order valence-corrected chi connectivity index (χ3v) is 4.21. The molecule has 16 heavy (non-hydrogen) atoms. The van der Waals surface area contributed by atoms with Gasteiger partial charge in [-0.3, -0.25) is 0 Å². The molecule has 0 aromatic rings. The minimum absolute atomic E-state index is 0.117. The lowest BCUT2D eigenvalue weighted by atomic mass is 9.93. The second-order valence-electron chi connectivity index (χ2n) is 4.44. The van der Waals surface area contributed by atoms with Gasteiger partial charge in [-0.2, -0.15) is 13.2 Å². The van der Waals surface area contributed by atoms with Crippen molar-refractivity contribution >= 4 is 11.8 Å². The molecule has 1 nitrogen and oxygen atoms in total. The van der Waals surface area contributed by atoms with Crippen molar-refractivity contribution in [2.75, 3.05) is 12.3 Å². The molecule has 0 bridgehead atoms. The van der Waals surface area contributed by atoms with Crippen LogP contribution >= 0.6 is 11.8 Å². The van der Waals surface area contributed by atoms with E-state index in [4.69, 9.17) is 0 Å². The first-order valence-electron chi connectivity index (χ1n) is 5.88. The molecule has 1 rings (SSSR count). The van der Waals surface area contributed by atoms with E-state index in [0.717, 1.165) is 19.4 Å². The van der Waals surface area contributed by atoms with Gasteiger partial charge in [-0.05, 0) is 37.6 Å². The maximum Gasteiger partial charge on any atom is 0.441 e. The number of hydrogen-bond donors (Lipinski definition) is 1. The minimum atomic E-state index is -4.07. The summed E-state index contributed by atoms with van der Waals surface area (Å²) >= 11 is 0.117. The van der Waals surface area contributed by atoms with Crippen molar-refractivity contribution in [1.29, 1.82) is 0 Å². The maximum atomic E-state index is 12.0. The monoisotopic (exact) mass is 255 g/mol. The topological polar surface area (TPSA) is 12.0 Å². The first kappa shape index (κ1) is 14.2. The molecule has 1 aliphatic carbocycles. The molecule has 0 aromatic heterocycles. The molecule has 5 heteroatoms. The Morgan fingerprint density at radius 3 is 2.56 bits per heavy atom. The number of alkyl halides is 3. The van der Waals surface area contributed by atoms with Gasteiger partial charge >= 0.3 is 5.51 Å². The lowest BCUT2D eigenvalue weighted by Crippen LogP contribution is -2.32. The highest BCUT2D eigenvalue weighted by Gasteiger charge is 2.33. The second kappa shape index (κ2) is 6.15. The fourth-order valence-electron chi connectivity index (χ4n) is 2.53. The van der Waals surface area contributed by atoms with Gasteiger partial charge < -0.3 is 5.32 Å². The van der Waals surface area contributed by atoms with Crippen LogP contribution in [0.3, 0.4) is 0 Å². The minimum Gasteiger partial charge on any atom is -0.314 e. The average Bonchev–Trinajstić information content (AvgIpc) is 2.48. The fourth-order valence-corrected chi connectivity index (χ4v) is 3.18. The second-order valence-corrected chi connectivity index (χ2v) is 5.60. The molecule has 0 aliphatic heterocycles. The smallest absolute Gasteiger partial charge is 0.314 e. The van der Waals surface area contributed by atoms with Crippen LogP contribution in [0.25, 0.3) is 0 Å². The van der Waals surface area contributed by atoms with E-state index in [2.05, 4.69) is 19.2 Å². The third-order valence-electron chi connectivity index (χ3n) is 3.45. The predicted octanol–water partition coefficient (Wildman–Crippen LogP) is 3.65. The molecule has 1 fully saturated rings. The normalized spacial score (nSPS) is 30.9. The highest BCUT2D eigenvalue weighted by atomic mass is 32.2. The number of thioether (sulfide) groups is 1. The fraction of sp³-hybridized carbons (Fsp3) is 1.00. The van der Waals surface area contributed by atoms with Gasteiger partial charge in [0.25, 0.3) is 0 Å². The number of nitrogens with one attached hydrogen (secondary N) is 1. The van der Waals surface area contributed by atoms with E-state index >= 15 is 0 Å². The summed E-state index contributed by atoms with van der Waals surface area (Å²) in [6.45, 7) is 5.17. The average molecular weight is 255 g/mol. The Bertz CT molecular complexity index is 208. The molecule has 0 aromatic carbocycles. The summed E-state index contributed by atoms with van der Waals surface area (Å²) in [5, 5.41) is 3.40. The van der Waals surface area contributed by atoms with E-state index in [1.54, 1.807) is 0 Å². The van der Waals surface area contributed by atoms with Crippen molar-refractivity contribution in [3.05, 3.63) is 0 Å². The number of hydrogen-bond acceptors (Lipinski definition) is 2. The lowest BCUT2D eigenvalue weighted by molar-refractivity contribution is -0.0328. The Hall–Kier alpha value is 0.100. The summed E-state index contributed by atoms with van der Waals surface area (Å²) in [6.07, 6.45) is 2.86. The Balaban J connectivity index is 2.24. The molecule has 0 radical (unpaired) electrons. The SMILES string of the molecule is CCNC1CCC(CCSC(F)(F)F)C1C. The van der Waals surface area contributed by atoms with Gasteiger partial charge in [0.2, 0.25) is 0 Å². The van der Waals surface area contributed by atoms with Crippen LogP contribution in [0.2, 0.25) is 0 Å². The van der Waals surface area contributed by atoms with Crippen molar-refractivity contribution in [1.82, 2.24) is 5.32 Å². The maximum absolute atomic E-state index is 12.0. The van der Waals surface area contributed by atoms with E-state index in [0.29, 0.717) is 24.3 Å². The van der Waals surface area contributed by atoms with Crippen LogP contribution in [-0.4, -0.2) is 23.8 Å². The van der Waals surface area contributed by atoms with Gasteiger partial charge in [-0.25, -0.2) is 0 Å². The number of rotatable bonds is 5. The zero-order valence-corrected chi connectivity index (χ0v) is 10.6. The molecule has 96 valence electrons. The lowest BCUT2D eigenvalue weighted by Gasteiger charge is -2.21. The van der Waals surface area contributed by atoms with Gasteiger partial charge in [-0.1, -0.05) is 25.6 Å². The molecule has 1 aliphatic rings. The van der Waals surface area contributed by atoms with Crippen LogP contribution in [0.5, 0.6) is 0 Å². The van der Waals surface area contributed by atoms with Gasteiger partial charge in [-0.15, -0.1) is 0 Å². The van der Waals surface area contributed by atoms with Crippen LogP contribution in [0.4, 0.5) is 13.2 Å². The van der Waals surface area contributed by atoms with E-state index < -0.39 is 5.51 Å². The zero-order chi connectivity index (χ0) is 12.2. The Morgan fingerprint density at radius 1 is 1.31 bits per heavy atom. The van der Waals surface area contributed by atoms with Gasteiger partial charge in [0, 0.05) is 11.8 Å². The Morgan fingerprint density at radius 2 is 2.00 bits per heavy atom. The molecule has 0 amide bonds. The summed E-state index contributed by atoms with van der Waals surface area (Å²) in [6, 6.07) is 0.505. The summed E-state index contributed by atoms with van der Waals surface area (Å²) in [7, 11) is 0. The molecule has 0 heterocycles. The summed E-state index contributed by atoms with van der Waals surface area (Å²) < 4.78 is 35.9. The first-order chi connectivity index (χ1) is 7.44. The summed E-state index contributed by atoms with van der Waals surface area (Å²) in [5.41, 5.74) is -4.07. The molecule has 3 atom stereocenters. The van der Waals surface area contributed by atoms with Crippen molar-refractivity contribution in [3.8, 4) is 0 Å². The van der Waals surface area contributed by atoms with E-state index in [1.807, 2.05) is 0 Å². The van der Waals surface area contributed by atoms with E-state index in [1.165, 1.54) is 0 Å². The molecular weight excluding hydrogens is 235 g/mol. The highest BCUT2D eigenvalue weighted by molar-refractivity contribution is 8.00. The standard InChI is InChI=1S/C11H20F3NS/c1-3-15-10-5-4-9(8(10)2)6-7-16-11(12,13)14/h8-10,15H,3-7H2,1-2H3. The van der Waals surface area contributed by atoms with Crippen molar-refractivity contribution in [2.45, 2.75) is 44.7 Å². The summed E-state index contributed by atoms with van der Waals surface area (Å²) in [5.74, 6) is 1.17. The third kappa shape index (κ3) is 4.53. The predicted molar refractivity (Wildman–Crippen MR) is 62.5 cm³/mol. The van der Waals surface area contributed by atoms with Gasteiger partial charge in [0.1, 0.15) is 0 Å². The highest BCUT2D eigenvalue weighted by Crippen LogP contribution is 2.37. The van der Waals surface area contributed by atoms with Crippen LogP contribution < -0.4 is 5.32 Å². The molecule has 0 saturated heterocycles. The van der Waals surface area contributed by atoms with E-state index in [9.17, 15) is 13.2 Å². The van der Waals surface area contributed by atoms with Gasteiger partial charge in [0.05, 0.1) is 0 Å².